The number of halogens is 1. The molecule has 0 spiro atoms. The van der Waals surface area contributed by atoms with Gasteiger partial charge in [-0.05, 0) is 49.5 Å². The average molecular weight is 541 g/mol. The molecular formula is C25H33BrO8. The Morgan fingerprint density at radius 1 is 1.29 bits per heavy atom. The predicted molar refractivity (Wildman–Crippen MR) is 124 cm³/mol. The fourth-order valence-corrected chi connectivity index (χ4v) is 7.11. The fourth-order valence-electron chi connectivity index (χ4n) is 6.77. The summed E-state index contributed by atoms with van der Waals surface area (Å²) in [7, 11) is 1.37. The number of hydrogen-bond donors (Lipinski definition) is 0. The molecule has 4 rings (SSSR count). The molecule has 2 aliphatic carbocycles. The van der Waals surface area contributed by atoms with Gasteiger partial charge >= 0.3 is 11.9 Å². The van der Waals surface area contributed by atoms with Crippen LogP contribution in [-0.4, -0.2) is 49.2 Å². The molecule has 0 amide bonds. The first-order valence-electron chi connectivity index (χ1n) is 11.9. The smallest absolute Gasteiger partial charge is 0.310 e. The molecule has 1 aromatic rings. The van der Waals surface area contributed by atoms with Crippen molar-refractivity contribution in [3.05, 3.63) is 24.2 Å². The van der Waals surface area contributed by atoms with Gasteiger partial charge in [-0.1, -0.05) is 29.8 Å². The van der Waals surface area contributed by atoms with E-state index in [2.05, 4.69) is 15.9 Å². The maximum Gasteiger partial charge on any atom is 0.310 e. The Morgan fingerprint density at radius 3 is 2.68 bits per heavy atom. The maximum atomic E-state index is 14.1. The van der Waals surface area contributed by atoms with Gasteiger partial charge in [0.1, 0.15) is 12.2 Å². The molecule has 8 nitrogen and oxygen atoms in total. The zero-order valence-corrected chi connectivity index (χ0v) is 21.7. The van der Waals surface area contributed by atoms with Crippen LogP contribution in [0.5, 0.6) is 0 Å². The number of cyclic esters (lactones) is 1. The topological polar surface area (TPSA) is 101 Å². The molecule has 0 radical (unpaired) electrons. The van der Waals surface area contributed by atoms with Crippen molar-refractivity contribution in [2.24, 2.45) is 28.6 Å². The van der Waals surface area contributed by atoms with Gasteiger partial charge in [0, 0.05) is 18.1 Å². The molecule has 8 atom stereocenters. The third kappa shape index (κ3) is 4.13. The summed E-state index contributed by atoms with van der Waals surface area (Å²) in [6, 6.07) is 1.78. The quantitative estimate of drug-likeness (QED) is 0.288. The maximum absolute atomic E-state index is 14.1. The van der Waals surface area contributed by atoms with Gasteiger partial charge < -0.3 is 23.4 Å². The number of ketones is 1. The minimum atomic E-state index is -0.836. The zero-order valence-electron chi connectivity index (χ0n) is 20.1. The van der Waals surface area contributed by atoms with Gasteiger partial charge in [-0.25, -0.2) is 0 Å². The molecule has 3 aliphatic rings. The Bertz CT molecular complexity index is 916. The minimum Gasteiger partial charge on any atom is -0.472 e. The van der Waals surface area contributed by atoms with E-state index in [-0.39, 0.29) is 24.1 Å². The highest BCUT2D eigenvalue weighted by atomic mass is 79.9. The van der Waals surface area contributed by atoms with Crippen molar-refractivity contribution in [1.29, 1.82) is 0 Å². The van der Waals surface area contributed by atoms with E-state index in [0.717, 1.165) is 5.56 Å². The second kappa shape index (κ2) is 9.74. The molecule has 2 heterocycles. The number of rotatable bonds is 7. The second-order valence-corrected chi connectivity index (χ2v) is 10.7. The third-order valence-electron chi connectivity index (χ3n) is 8.30. The van der Waals surface area contributed by atoms with E-state index in [4.69, 9.17) is 23.4 Å². The SMILES string of the molecule is CCO[C@@H](CBr)O[C@H]1C[C@@H](C(=O)OC)[C@]2(C)CC[C@H]3C(=O)O[C@H](c4ccoc4)C[C@]3(C)[C@H]2C1=O. The van der Waals surface area contributed by atoms with Crippen LogP contribution in [-0.2, 0) is 33.3 Å². The second-order valence-electron chi connectivity index (χ2n) is 10.1. The van der Waals surface area contributed by atoms with Crippen LogP contribution in [0, 0.1) is 28.6 Å². The summed E-state index contributed by atoms with van der Waals surface area (Å²) in [6.07, 6.45) is 2.93. The van der Waals surface area contributed by atoms with Gasteiger partial charge in [0.05, 0.1) is 36.8 Å². The van der Waals surface area contributed by atoms with Gasteiger partial charge in [0.25, 0.3) is 0 Å². The highest BCUT2D eigenvalue weighted by Crippen LogP contribution is 2.65. The number of carbonyl (C=O) groups is 3. The third-order valence-corrected chi connectivity index (χ3v) is 8.83. The van der Waals surface area contributed by atoms with Crippen LogP contribution >= 0.6 is 15.9 Å². The van der Waals surface area contributed by atoms with Crippen molar-refractivity contribution in [1.82, 2.24) is 0 Å². The number of esters is 2. The fraction of sp³-hybridized carbons (Fsp3) is 0.720. The highest BCUT2D eigenvalue weighted by molar-refractivity contribution is 9.09. The molecule has 0 aromatic carbocycles. The van der Waals surface area contributed by atoms with Gasteiger partial charge in [-0.3, -0.25) is 14.4 Å². The lowest BCUT2D eigenvalue weighted by atomic mass is 9.43. The number of Topliss-reactive ketones (excluding diaryl/α,β-unsaturated/α-hetero) is 1. The van der Waals surface area contributed by atoms with Crippen LogP contribution in [0.1, 0.15) is 58.1 Å². The lowest BCUT2D eigenvalue weighted by Crippen LogP contribution is -2.65. The molecule has 1 aromatic heterocycles. The van der Waals surface area contributed by atoms with Gasteiger partial charge in [0.15, 0.2) is 12.1 Å². The molecule has 0 N–H and O–H groups in total. The molecule has 9 heteroatoms. The van der Waals surface area contributed by atoms with Crippen molar-refractivity contribution in [3.8, 4) is 0 Å². The van der Waals surface area contributed by atoms with Crippen molar-refractivity contribution in [3.63, 3.8) is 0 Å². The van der Waals surface area contributed by atoms with E-state index in [9.17, 15) is 14.4 Å². The molecule has 1 saturated heterocycles. The lowest BCUT2D eigenvalue weighted by Gasteiger charge is -2.61. The van der Waals surface area contributed by atoms with Crippen LogP contribution in [0.25, 0.3) is 0 Å². The van der Waals surface area contributed by atoms with Crippen molar-refractivity contribution >= 4 is 33.7 Å². The summed E-state index contributed by atoms with van der Waals surface area (Å²) in [5, 5.41) is 0.393. The number of carbonyl (C=O) groups excluding carboxylic acids is 3. The molecule has 1 aliphatic heterocycles. The summed E-state index contributed by atoms with van der Waals surface area (Å²) < 4.78 is 27.9. The van der Waals surface area contributed by atoms with E-state index in [1.54, 1.807) is 18.6 Å². The summed E-state index contributed by atoms with van der Waals surface area (Å²) >= 11 is 3.38. The summed E-state index contributed by atoms with van der Waals surface area (Å²) in [4.78, 5) is 40.3. The van der Waals surface area contributed by atoms with Crippen LogP contribution in [0.4, 0.5) is 0 Å². The Kier molecular flexibility index (Phi) is 7.27. The number of furan rings is 1. The minimum absolute atomic E-state index is 0.0823. The lowest BCUT2D eigenvalue weighted by molar-refractivity contribution is -0.221. The predicted octanol–water partition coefficient (Wildman–Crippen LogP) is 4.21. The van der Waals surface area contributed by atoms with E-state index in [1.165, 1.54) is 7.11 Å². The van der Waals surface area contributed by atoms with Gasteiger partial charge in [-0.15, -0.1) is 0 Å². The molecule has 34 heavy (non-hydrogen) atoms. The van der Waals surface area contributed by atoms with Crippen LogP contribution in [0.15, 0.2) is 23.0 Å². The monoisotopic (exact) mass is 540 g/mol. The van der Waals surface area contributed by atoms with Crippen molar-refractivity contribution < 1.29 is 37.7 Å². The Morgan fingerprint density at radius 2 is 2.06 bits per heavy atom. The largest absolute Gasteiger partial charge is 0.472 e. The van der Waals surface area contributed by atoms with E-state index < -0.39 is 47.1 Å². The van der Waals surface area contributed by atoms with Gasteiger partial charge in [0.2, 0.25) is 0 Å². The number of fused-ring (bicyclic) bond motifs is 3. The Hall–Kier alpha value is -1.71. The first-order chi connectivity index (χ1) is 16.2. The number of ether oxygens (including phenoxy) is 4. The Labute approximate surface area is 208 Å². The highest BCUT2D eigenvalue weighted by Gasteiger charge is 2.67. The first kappa shape index (κ1) is 25.4. The summed E-state index contributed by atoms with van der Waals surface area (Å²) in [5.74, 6) is -2.30. The number of alkyl halides is 1. The first-order valence-corrected chi connectivity index (χ1v) is 13.0. The van der Waals surface area contributed by atoms with E-state index >= 15 is 0 Å². The van der Waals surface area contributed by atoms with E-state index in [1.807, 2.05) is 20.8 Å². The zero-order chi connectivity index (χ0) is 24.7. The van der Waals surface area contributed by atoms with Gasteiger partial charge in [-0.2, -0.15) is 0 Å². The number of hydrogen-bond acceptors (Lipinski definition) is 8. The average Bonchev–Trinajstić information content (AvgIpc) is 3.34. The molecule has 2 saturated carbocycles. The van der Waals surface area contributed by atoms with Crippen LogP contribution in [0.3, 0.4) is 0 Å². The normalized spacial score (nSPS) is 38.4. The molecular weight excluding hydrogens is 508 g/mol. The molecule has 188 valence electrons. The van der Waals surface area contributed by atoms with E-state index in [0.29, 0.717) is 31.2 Å². The van der Waals surface area contributed by atoms with Crippen molar-refractivity contribution in [2.75, 3.05) is 19.0 Å². The molecule has 3 fully saturated rings. The van der Waals surface area contributed by atoms with Crippen molar-refractivity contribution in [2.45, 2.75) is 65.0 Å². The summed E-state index contributed by atoms with van der Waals surface area (Å²) in [6.45, 7) is 6.27. The van der Waals surface area contributed by atoms with Crippen LogP contribution < -0.4 is 0 Å². The standard InChI is InChI=1S/C25H33BrO8/c1-5-32-19(12-26)33-17-10-16(22(28)30-4)24(2)8-6-15-23(29)34-18(14-7-9-31-13-14)11-25(15,3)21(24)20(17)27/h7,9,13,15-19,21H,5-6,8,10-12H2,1-4H3/t15-,16-,17-,18-,19+,21-,24-,25-/m0/s1. The Balaban J connectivity index is 1.75. The van der Waals surface area contributed by atoms with Crippen LogP contribution in [0.2, 0.25) is 0 Å². The number of methoxy groups -OCH3 is 1. The summed E-state index contributed by atoms with van der Waals surface area (Å²) in [5.41, 5.74) is -0.620. The molecule has 0 bridgehead atoms. The molecule has 0 unspecified atom stereocenters.